The number of hydrogen-bond acceptors (Lipinski definition) is 21. The third kappa shape index (κ3) is 144. The number of carbonyl (C=O) groups excluding carboxylic acids is 1. The molecule has 3 aliphatic heterocycles. The van der Waals surface area contributed by atoms with Crippen LogP contribution in [0.2, 0.25) is 0 Å². The zero-order valence-corrected chi connectivity index (χ0v) is 37.3. The van der Waals surface area contributed by atoms with Crippen LogP contribution in [0.25, 0.3) is 0 Å². The minimum atomic E-state index is -0.0200. The van der Waals surface area contributed by atoms with Crippen LogP contribution in [0, 0.1) is 6.65 Å². The van der Waals surface area contributed by atoms with Crippen LogP contribution in [0.3, 0.4) is 0 Å². The van der Waals surface area contributed by atoms with Gasteiger partial charge in [-0.1, -0.05) is 52.0 Å². The summed E-state index contributed by atoms with van der Waals surface area (Å²) >= 11 is 0. The Kier molecular flexibility index (Phi) is 202. The van der Waals surface area contributed by atoms with E-state index in [0.717, 1.165) is 99.2 Å². The monoisotopic (exact) mass is 992 g/mol. The number of carbonyl (C=O) groups is 1. The van der Waals surface area contributed by atoms with E-state index in [-0.39, 0.29) is 107 Å². The largest absolute Gasteiger partial charge is 1.00 e. The first-order valence-corrected chi connectivity index (χ1v) is 19.0. The second kappa shape index (κ2) is 125. The van der Waals surface area contributed by atoms with E-state index in [1.165, 1.54) is 0 Å². The SMILES string of the molecule is C.C.C.C.C.C.C.C1COCCN1.CN1CCOCC1.CO.COCCN.COCCN1CCOCC1.COCCO.NCCOCCO.O=CCOCCO.OCCOCCO.[C-]#[O+].[H+].[H-].[NH4+]. The number of quaternary nitrogens is 1. The van der Waals surface area contributed by atoms with Crippen LogP contribution in [0.1, 0.15) is 54.8 Å². The Balaban J connectivity index is -0.0000000284. The fraction of sp³-hybridized carbons (Fsp3) is 0.953. The fourth-order valence-electron chi connectivity index (χ4n) is 3.10. The van der Waals surface area contributed by atoms with E-state index in [9.17, 15) is 4.79 Å². The molecule has 3 fully saturated rings. The first-order valence-electron chi connectivity index (χ1n) is 19.0. The van der Waals surface area contributed by atoms with Gasteiger partial charge in [-0.05, 0) is 7.05 Å². The van der Waals surface area contributed by atoms with Gasteiger partial charge in [0.15, 0.2) is 0 Å². The van der Waals surface area contributed by atoms with Crippen molar-refractivity contribution in [3.05, 3.63) is 6.65 Å². The van der Waals surface area contributed by atoms with Crippen molar-refractivity contribution in [2.75, 3.05) is 227 Å². The number of nitrogens with zero attached hydrogens (tertiary/aromatic N) is 2. The number of morpholine rings is 3. The molecule has 0 saturated carbocycles. The molecular formula is C43H119N6O17+. The first kappa shape index (κ1) is 106. The van der Waals surface area contributed by atoms with E-state index < -0.39 is 0 Å². The van der Waals surface area contributed by atoms with Crippen LogP contribution in [0.4, 0.5) is 0 Å². The Morgan fingerprint density at radius 1 is 0.591 bits per heavy atom. The van der Waals surface area contributed by atoms with Crippen molar-refractivity contribution in [1.82, 2.24) is 21.3 Å². The predicted molar refractivity (Wildman–Crippen MR) is 274 cm³/mol. The van der Waals surface area contributed by atoms with E-state index in [1.54, 1.807) is 21.3 Å². The summed E-state index contributed by atoms with van der Waals surface area (Å²) in [6.45, 7) is 22.5. The van der Waals surface area contributed by atoms with Crippen molar-refractivity contribution in [2.45, 2.75) is 52.0 Å². The number of ether oxygens (including phenoxy) is 9. The van der Waals surface area contributed by atoms with Crippen molar-refractivity contribution in [3.63, 3.8) is 0 Å². The van der Waals surface area contributed by atoms with Crippen molar-refractivity contribution in [2.24, 2.45) is 11.5 Å². The van der Waals surface area contributed by atoms with Crippen LogP contribution in [0.15, 0.2) is 0 Å². The summed E-state index contributed by atoms with van der Waals surface area (Å²) in [4.78, 5) is 14.1. The van der Waals surface area contributed by atoms with Crippen molar-refractivity contribution >= 4 is 6.29 Å². The van der Waals surface area contributed by atoms with E-state index in [0.29, 0.717) is 59.0 Å². The van der Waals surface area contributed by atoms with Gasteiger partial charge in [-0.15, -0.1) is 0 Å². The second-order valence-electron chi connectivity index (χ2n) is 10.4. The van der Waals surface area contributed by atoms with E-state index >= 15 is 0 Å². The van der Waals surface area contributed by atoms with E-state index in [4.69, 9.17) is 70.4 Å². The molecular weight excluding hydrogens is 872 g/mol. The van der Waals surface area contributed by atoms with Crippen LogP contribution >= 0.6 is 0 Å². The molecule has 0 radical (unpaired) electrons. The topological polar surface area (TPSA) is 348 Å². The molecule has 15 N–H and O–H groups in total. The standard InChI is InChI=1S/C7H15NO2.C5H11NO.C4H11NO2.C4H9NO.C4H10O3.C4H8O3.C3H9NO.C3H8O2.CH4O.CO.7CH4.H3N.H/c1-9-5-2-8-3-6-10-7-4-8;1-6-2-4-7-5-3-6;5-1-3-7-4-2-6;1-3-6-4-2-5-1;2*5-1-3-7-4-2-6;2*1-5-3-2-4;2*1-2;;;;;;;;;/h2-7H2,1H3;2-5H2,1H3;6H,1-5H2;5H,1-4H2;5-6H,1-4H2;1,6H,2-4H2;2-4H2,1H3;4H,2-3H2,1H3;2H,1H3;;7*1H4;1H3;/q;;;;;;;;;;;;;;;;;;-1/p+2. The van der Waals surface area contributed by atoms with Crippen LogP contribution in [-0.2, 0) is 52.1 Å². The zero-order chi connectivity index (χ0) is 45.4. The number of aliphatic hydroxyl groups excluding tert-OH is 6. The van der Waals surface area contributed by atoms with Gasteiger partial charge in [-0.2, -0.15) is 0 Å². The smallest absolute Gasteiger partial charge is 1.00 e. The Bertz CT molecular complexity index is 610. The van der Waals surface area contributed by atoms with E-state index in [2.05, 4.69) is 47.8 Å². The molecule has 0 atom stereocenters. The number of rotatable bonds is 19. The van der Waals surface area contributed by atoms with Crippen molar-refractivity contribution in [1.29, 1.82) is 0 Å². The third-order valence-electron chi connectivity index (χ3n) is 5.80. The van der Waals surface area contributed by atoms with Crippen LogP contribution in [0.5, 0.6) is 0 Å². The molecule has 0 spiro atoms. The average Bonchev–Trinajstić information content (AvgIpc) is 3.28. The predicted octanol–water partition coefficient (Wildman–Crippen LogP) is 0.497. The molecule has 0 aromatic carbocycles. The van der Waals surface area contributed by atoms with Gasteiger partial charge in [0.05, 0.1) is 126 Å². The van der Waals surface area contributed by atoms with Crippen molar-refractivity contribution < 1.29 is 85.6 Å². The number of aliphatic hydroxyl groups is 6. The molecule has 0 aromatic heterocycles. The van der Waals surface area contributed by atoms with Gasteiger partial charge in [0.25, 0.3) is 0 Å². The average molecular weight is 992 g/mol. The Hall–Kier alpha value is -1.43. The fourth-order valence-corrected chi connectivity index (χ4v) is 3.10. The van der Waals surface area contributed by atoms with E-state index in [1.807, 2.05) is 0 Å². The minimum absolute atomic E-state index is 0. The van der Waals surface area contributed by atoms with Gasteiger partial charge >= 0.3 is 12.7 Å². The molecule has 3 heterocycles. The summed E-state index contributed by atoms with van der Waals surface area (Å²) < 4.78 is 50.7. The molecule has 66 heavy (non-hydrogen) atoms. The number of nitrogens with two attached hydrogens (primary N) is 2. The molecule has 23 nitrogen and oxygen atoms in total. The number of hydrogen-bond donors (Lipinski definition) is 10. The summed E-state index contributed by atoms with van der Waals surface area (Å²) in [5, 5.41) is 50.5. The number of methoxy groups -OCH3 is 3. The number of nitrogens with one attached hydrogen (secondary N) is 1. The summed E-state index contributed by atoms with van der Waals surface area (Å²) in [7, 11) is 8.03. The summed E-state index contributed by atoms with van der Waals surface area (Å²) in [5.41, 5.74) is 10.1. The molecule has 0 amide bonds. The molecule has 3 rings (SSSR count). The Labute approximate surface area is 409 Å². The first-order chi connectivity index (χ1) is 28.4. The van der Waals surface area contributed by atoms with Gasteiger partial charge in [-0.25, -0.2) is 0 Å². The molecule has 0 bridgehead atoms. The Morgan fingerprint density at radius 2 is 0.924 bits per heavy atom. The molecule has 23 heteroatoms. The number of likely N-dealkylation sites (N-methyl/N-ethyl adjacent to an activating group) is 1. The van der Waals surface area contributed by atoms with Crippen molar-refractivity contribution in [3.8, 4) is 0 Å². The summed E-state index contributed by atoms with van der Waals surface area (Å²) in [6.07, 6.45) is 0.648. The van der Waals surface area contributed by atoms with Gasteiger partial charge in [0.1, 0.15) is 12.9 Å². The maximum atomic E-state index is 9.47. The molecule has 0 unspecified atom stereocenters. The molecule has 3 aliphatic rings. The van der Waals surface area contributed by atoms with Crippen LogP contribution < -0.4 is 22.9 Å². The van der Waals surface area contributed by atoms with Crippen LogP contribution in [-0.4, -0.2) is 273 Å². The molecule has 3 saturated heterocycles. The number of aldehydes is 1. The summed E-state index contributed by atoms with van der Waals surface area (Å²) in [6, 6.07) is 0. The zero-order valence-electron chi connectivity index (χ0n) is 39.3. The molecule has 422 valence electrons. The summed E-state index contributed by atoms with van der Waals surface area (Å²) in [5.74, 6) is 0. The normalized spacial score (nSPS) is 12.4. The Morgan fingerprint density at radius 3 is 1.15 bits per heavy atom. The maximum Gasteiger partial charge on any atom is 1.00 e. The second-order valence-corrected chi connectivity index (χ2v) is 10.4. The van der Waals surface area contributed by atoms with Gasteiger partial charge in [0, 0.05) is 87.3 Å². The van der Waals surface area contributed by atoms with Gasteiger partial charge < -0.3 is 107 Å². The van der Waals surface area contributed by atoms with Gasteiger partial charge in [-0.3, -0.25) is 4.90 Å². The maximum absolute atomic E-state index is 9.47. The molecule has 0 aliphatic carbocycles. The quantitative estimate of drug-likeness (QED) is 0.0364. The minimum Gasteiger partial charge on any atom is -1.00 e. The third-order valence-corrected chi connectivity index (χ3v) is 5.80. The van der Waals surface area contributed by atoms with Gasteiger partial charge in [0.2, 0.25) is 0 Å². The molecule has 0 aromatic rings.